The highest BCUT2D eigenvalue weighted by molar-refractivity contribution is 7.85. The molecule has 0 N–H and O–H groups in total. The van der Waals surface area contributed by atoms with Gasteiger partial charge in [-0.3, -0.25) is 0 Å². The lowest BCUT2D eigenvalue weighted by molar-refractivity contribution is -0.914. The average Bonchev–Trinajstić information content (AvgIpc) is 2.70. The van der Waals surface area contributed by atoms with Crippen molar-refractivity contribution < 1.29 is 39.4 Å². The molecule has 31 heavy (non-hydrogen) atoms. The number of unbranched alkanes of at least 4 members (excludes halogenated alkanes) is 6. The number of piperidine rings is 1. The van der Waals surface area contributed by atoms with Gasteiger partial charge in [0.15, 0.2) is 23.3 Å². The zero-order valence-corrected chi connectivity index (χ0v) is 19.0. The van der Waals surface area contributed by atoms with Gasteiger partial charge in [-0.05, 0) is 32.1 Å². The number of benzene rings is 1. The highest BCUT2D eigenvalue weighted by atomic mass is 32.2. The molecule has 0 radical (unpaired) electrons. The van der Waals surface area contributed by atoms with Crippen LogP contribution in [0.1, 0.15) is 71.1 Å². The van der Waals surface area contributed by atoms with Crippen molar-refractivity contribution in [3.05, 3.63) is 29.1 Å². The Labute approximate surface area is 181 Å². The fraction of sp³-hybridized carbons (Fsp3) is 0.714. The summed E-state index contributed by atoms with van der Waals surface area (Å²) in [5.41, 5.74) is 0. The first kappa shape index (κ1) is 27.8. The molecule has 0 aromatic heterocycles. The first-order chi connectivity index (χ1) is 14.4. The summed E-state index contributed by atoms with van der Waals surface area (Å²) in [5.74, 6) is -12.8. The molecule has 0 bridgehead atoms. The van der Waals surface area contributed by atoms with E-state index in [9.17, 15) is 34.9 Å². The minimum atomic E-state index is -5.77. The largest absolute Gasteiger partial charge is 0.744 e. The van der Waals surface area contributed by atoms with E-state index in [4.69, 9.17) is 0 Å². The van der Waals surface area contributed by atoms with E-state index in [0.29, 0.717) is 0 Å². The maximum Gasteiger partial charge on any atom is 0.200 e. The van der Waals surface area contributed by atoms with Crippen LogP contribution in [-0.4, -0.2) is 44.1 Å². The fourth-order valence-corrected chi connectivity index (χ4v) is 4.37. The lowest BCUT2D eigenvalue weighted by Gasteiger charge is -2.37. The van der Waals surface area contributed by atoms with E-state index in [-0.39, 0.29) is 0 Å². The number of hydrogen-bond acceptors (Lipinski definition) is 3. The van der Waals surface area contributed by atoms with Gasteiger partial charge in [-0.15, -0.1) is 0 Å². The molecule has 1 aliphatic heterocycles. The van der Waals surface area contributed by atoms with Crippen molar-refractivity contribution in [3.63, 3.8) is 0 Å². The van der Waals surface area contributed by atoms with Gasteiger partial charge in [-0.25, -0.2) is 30.4 Å². The van der Waals surface area contributed by atoms with E-state index in [2.05, 4.69) is 14.0 Å². The molecule has 0 aliphatic carbocycles. The topological polar surface area (TPSA) is 57.2 Å². The van der Waals surface area contributed by atoms with E-state index in [1.807, 2.05) is 0 Å². The minimum Gasteiger partial charge on any atom is -0.744 e. The Morgan fingerprint density at radius 1 is 0.742 bits per heavy atom. The van der Waals surface area contributed by atoms with Crippen LogP contribution in [0.15, 0.2) is 4.90 Å². The van der Waals surface area contributed by atoms with Gasteiger partial charge in [0.05, 0.1) is 26.7 Å². The van der Waals surface area contributed by atoms with Gasteiger partial charge in [0.25, 0.3) is 0 Å². The molecule has 0 saturated carbocycles. The fourth-order valence-electron chi connectivity index (χ4n) is 3.75. The molecular weight excluding hydrogens is 441 g/mol. The van der Waals surface area contributed by atoms with E-state index < -0.39 is 44.1 Å². The van der Waals surface area contributed by atoms with Gasteiger partial charge in [-0.1, -0.05) is 39.0 Å². The van der Waals surface area contributed by atoms with Crippen LogP contribution < -0.4 is 0 Å². The first-order valence-electron chi connectivity index (χ1n) is 10.8. The van der Waals surface area contributed by atoms with Gasteiger partial charge < -0.3 is 9.04 Å². The SMILES string of the molecule is CCCCCCCCC[N+]1(C)CCCCC1.O=S(=O)([O-])c1c(F)c(F)c(F)c(F)c1F. The zero-order chi connectivity index (χ0) is 23.7. The standard InChI is InChI=1S/C15H32N.C6HF5O3S/c1-3-4-5-6-7-8-10-13-16(2)14-11-9-12-15-16;7-1-2(8)4(10)6(15(12,13)14)5(11)3(1)9/h3-15H2,1-2H3;(H,12,13,14)/q+1;/p-1. The molecule has 1 heterocycles. The second kappa shape index (κ2) is 12.7. The summed E-state index contributed by atoms with van der Waals surface area (Å²) in [6.07, 6.45) is 14.5. The molecule has 10 heteroatoms. The third-order valence-electron chi connectivity index (χ3n) is 5.62. The van der Waals surface area contributed by atoms with Crippen molar-refractivity contribution in [2.45, 2.75) is 76.0 Å². The first-order valence-corrected chi connectivity index (χ1v) is 12.2. The Morgan fingerprint density at radius 2 is 1.16 bits per heavy atom. The Kier molecular flexibility index (Phi) is 11.4. The quantitative estimate of drug-likeness (QED) is 0.116. The molecule has 1 aromatic carbocycles. The number of hydrogen-bond donors (Lipinski definition) is 0. The molecular formula is C21H32F5NO3S. The molecule has 1 aromatic rings. The molecule has 0 amide bonds. The van der Waals surface area contributed by atoms with E-state index >= 15 is 0 Å². The summed E-state index contributed by atoms with van der Waals surface area (Å²) in [5, 5.41) is 0. The Balaban J connectivity index is 0.000000311. The molecule has 0 unspecified atom stereocenters. The van der Waals surface area contributed by atoms with Gasteiger partial charge >= 0.3 is 0 Å². The third kappa shape index (κ3) is 8.65. The van der Waals surface area contributed by atoms with Crippen molar-refractivity contribution in [1.82, 2.24) is 0 Å². The normalized spacial score (nSPS) is 16.0. The lowest BCUT2D eigenvalue weighted by atomic mass is 10.1. The van der Waals surface area contributed by atoms with Crippen LogP contribution in [-0.2, 0) is 10.1 Å². The van der Waals surface area contributed by atoms with Crippen LogP contribution in [0, 0.1) is 29.1 Å². The Hall–Kier alpha value is -1.26. The summed E-state index contributed by atoms with van der Waals surface area (Å²) in [6.45, 7) is 6.61. The summed E-state index contributed by atoms with van der Waals surface area (Å²) in [6, 6.07) is 0. The molecule has 0 atom stereocenters. The average molecular weight is 474 g/mol. The molecule has 4 nitrogen and oxygen atoms in total. The van der Waals surface area contributed by atoms with Gasteiger partial charge in [0, 0.05) is 0 Å². The predicted octanol–water partition coefficient (Wildman–Crippen LogP) is 5.65. The number of rotatable bonds is 9. The maximum atomic E-state index is 12.6. The second-order valence-corrected chi connectivity index (χ2v) is 9.64. The van der Waals surface area contributed by atoms with Crippen LogP contribution in [0.25, 0.3) is 0 Å². The predicted molar refractivity (Wildman–Crippen MR) is 107 cm³/mol. The van der Waals surface area contributed by atoms with E-state index in [1.54, 1.807) is 0 Å². The highest BCUT2D eigenvalue weighted by Gasteiger charge is 2.29. The van der Waals surface area contributed by atoms with Crippen molar-refractivity contribution >= 4 is 10.1 Å². The number of quaternary nitrogens is 1. The van der Waals surface area contributed by atoms with E-state index in [1.165, 1.54) is 88.3 Å². The summed E-state index contributed by atoms with van der Waals surface area (Å²) >= 11 is 0. The number of likely N-dealkylation sites (tertiary alicyclic amines) is 1. The monoisotopic (exact) mass is 473 g/mol. The number of nitrogens with zero attached hydrogens (tertiary/aromatic N) is 1. The third-order valence-corrected chi connectivity index (χ3v) is 6.48. The Bertz CT molecular complexity index is 783. The van der Waals surface area contributed by atoms with Crippen LogP contribution in [0.3, 0.4) is 0 Å². The maximum absolute atomic E-state index is 12.6. The van der Waals surface area contributed by atoms with Crippen molar-refractivity contribution in [2.75, 3.05) is 26.7 Å². The summed E-state index contributed by atoms with van der Waals surface area (Å²) in [7, 11) is -3.30. The molecule has 1 aliphatic rings. The highest BCUT2D eigenvalue weighted by Crippen LogP contribution is 2.26. The van der Waals surface area contributed by atoms with Crippen molar-refractivity contribution in [2.24, 2.45) is 0 Å². The second-order valence-electron chi connectivity index (χ2n) is 8.33. The zero-order valence-electron chi connectivity index (χ0n) is 18.2. The minimum absolute atomic E-state index is 1.37. The molecule has 2 rings (SSSR count). The van der Waals surface area contributed by atoms with Crippen LogP contribution >= 0.6 is 0 Å². The van der Waals surface area contributed by atoms with Gasteiger partial charge in [0.1, 0.15) is 15.0 Å². The van der Waals surface area contributed by atoms with Crippen LogP contribution in [0.5, 0.6) is 0 Å². The smallest absolute Gasteiger partial charge is 0.200 e. The summed E-state index contributed by atoms with van der Waals surface area (Å²) in [4.78, 5) is -2.38. The molecule has 0 spiro atoms. The van der Waals surface area contributed by atoms with Crippen molar-refractivity contribution in [3.8, 4) is 0 Å². The molecule has 1 fully saturated rings. The van der Waals surface area contributed by atoms with Gasteiger partial charge in [-0.2, -0.15) is 0 Å². The summed E-state index contributed by atoms with van der Waals surface area (Å²) < 4.78 is 94.3. The van der Waals surface area contributed by atoms with E-state index in [0.717, 1.165) is 0 Å². The van der Waals surface area contributed by atoms with Crippen LogP contribution in [0.4, 0.5) is 22.0 Å². The molecule has 180 valence electrons. The van der Waals surface area contributed by atoms with Crippen molar-refractivity contribution in [1.29, 1.82) is 0 Å². The Morgan fingerprint density at radius 3 is 1.61 bits per heavy atom. The van der Waals surface area contributed by atoms with Crippen LogP contribution in [0.2, 0.25) is 0 Å². The van der Waals surface area contributed by atoms with Gasteiger partial charge in [0.2, 0.25) is 5.82 Å². The number of halogens is 5. The molecule has 1 saturated heterocycles. The lowest BCUT2D eigenvalue weighted by Crippen LogP contribution is -2.48.